The van der Waals surface area contributed by atoms with Gasteiger partial charge < -0.3 is 10.4 Å². The van der Waals surface area contributed by atoms with Crippen molar-refractivity contribution in [3.8, 4) is 0 Å². The predicted octanol–water partition coefficient (Wildman–Crippen LogP) is 3.53. The van der Waals surface area contributed by atoms with Gasteiger partial charge in [0.25, 0.3) is 0 Å². The van der Waals surface area contributed by atoms with Crippen molar-refractivity contribution in [2.24, 2.45) is 0 Å². The number of carboxylic acid groups (broad SMARTS) is 1. The van der Waals surface area contributed by atoms with Crippen molar-refractivity contribution in [2.45, 2.75) is 6.92 Å². The van der Waals surface area contributed by atoms with E-state index in [1.54, 1.807) is 12.1 Å². The number of nitrogens with one attached hydrogen (secondary N) is 1. The lowest BCUT2D eigenvalue weighted by atomic mass is 10.2. The maximum Gasteiger partial charge on any atom is 0.356 e. The molecule has 0 saturated carbocycles. The van der Waals surface area contributed by atoms with Crippen molar-refractivity contribution in [1.29, 1.82) is 0 Å². The Morgan fingerprint density at radius 2 is 1.95 bits per heavy atom. The van der Waals surface area contributed by atoms with Crippen LogP contribution in [0.3, 0.4) is 0 Å². The third-order valence-corrected chi connectivity index (χ3v) is 3.10. The fraction of sp³-hybridized carbons (Fsp3) is 0.0833. The molecule has 2 aromatic rings. The van der Waals surface area contributed by atoms with Crippen LogP contribution in [0.1, 0.15) is 16.1 Å². The number of benzene rings is 1. The Morgan fingerprint density at radius 1 is 1.21 bits per heavy atom. The molecule has 0 atom stereocenters. The molecule has 0 radical (unpaired) electrons. The lowest BCUT2D eigenvalue weighted by molar-refractivity contribution is 0.0690. The lowest BCUT2D eigenvalue weighted by Crippen LogP contribution is -2.03. The number of carbonyl (C=O) groups is 1. The SMILES string of the molecule is Cc1cc(Cl)c(Nc2cnc(C(=O)O)cn2)cc1Cl. The minimum Gasteiger partial charge on any atom is -0.476 e. The van der Waals surface area contributed by atoms with Crippen molar-refractivity contribution >= 4 is 40.7 Å². The molecule has 0 saturated heterocycles. The van der Waals surface area contributed by atoms with E-state index in [4.69, 9.17) is 28.3 Å². The summed E-state index contributed by atoms with van der Waals surface area (Å²) in [7, 11) is 0. The van der Waals surface area contributed by atoms with Crippen molar-refractivity contribution < 1.29 is 9.90 Å². The molecule has 5 nitrogen and oxygen atoms in total. The Kier molecular flexibility index (Phi) is 3.87. The van der Waals surface area contributed by atoms with Crippen LogP contribution < -0.4 is 5.32 Å². The van der Waals surface area contributed by atoms with E-state index >= 15 is 0 Å². The molecule has 2 N–H and O–H groups in total. The van der Waals surface area contributed by atoms with Crippen LogP contribution in [0.2, 0.25) is 10.0 Å². The third-order valence-electron chi connectivity index (χ3n) is 2.38. The van der Waals surface area contributed by atoms with E-state index in [0.29, 0.717) is 21.6 Å². The number of aromatic nitrogens is 2. The summed E-state index contributed by atoms with van der Waals surface area (Å²) in [5.41, 5.74) is 1.32. The summed E-state index contributed by atoms with van der Waals surface area (Å²) >= 11 is 12.1. The monoisotopic (exact) mass is 297 g/mol. The first-order chi connectivity index (χ1) is 8.97. The Balaban J connectivity index is 2.26. The lowest BCUT2D eigenvalue weighted by Gasteiger charge is -2.09. The normalized spacial score (nSPS) is 10.3. The standard InChI is InChI=1S/C12H9Cl2N3O2/c1-6-2-8(14)9(3-7(6)13)17-11-5-15-10(4-16-11)12(18)19/h2-5H,1H3,(H,16,17)(H,18,19). The highest BCUT2D eigenvalue weighted by Crippen LogP contribution is 2.30. The number of hydrogen-bond acceptors (Lipinski definition) is 4. The number of rotatable bonds is 3. The zero-order valence-corrected chi connectivity index (χ0v) is 11.3. The topological polar surface area (TPSA) is 75.1 Å². The summed E-state index contributed by atoms with van der Waals surface area (Å²) in [4.78, 5) is 18.3. The van der Waals surface area contributed by atoms with Crippen LogP contribution in [0.5, 0.6) is 0 Å². The highest BCUT2D eigenvalue weighted by Gasteiger charge is 2.08. The summed E-state index contributed by atoms with van der Waals surface area (Å²) in [6, 6.07) is 3.40. The molecule has 1 aromatic carbocycles. The number of halogens is 2. The van der Waals surface area contributed by atoms with Gasteiger partial charge in [-0.2, -0.15) is 0 Å². The van der Waals surface area contributed by atoms with Gasteiger partial charge in [-0.3, -0.25) is 0 Å². The van der Waals surface area contributed by atoms with Crippen LogP contribution in [0.4, 0.5) is 11.5 Å². The summed E-state index contributed by atoms with van der Waals surface area (Å²) < 4.78 is 0. The molecule has 0 fully saturated rings. The maximum atomic E-state index is 10.6. The minimum atomic E-state index is -1.13. The van der Waals surface area contributed by atoms with Gasteiger partial charge in [0.05, 0.1) is 23.1 Å². The minimum absolute atomic E-state index is 0.126. The van der Waals surface area contributed by atoms with Crippen LogP contribution >= 0.6 is 23.2 Å². The van der Waals surface area contributed by atoms with Crippen LogP contribution in [0.25, 0.3) is 0 Å². The highest BCUT2D eigenvalue weighted by molar-refractivity contribution is 6.35. The maximum absolute atomic E-state index is 10.6. The fourth-order valence-corrected chi connectivity index (χ4v) is 1.81. The van der Waals surface area contributed by atoms with Gasteiger partial charge in [-0.05, 0) is 24.6 Å². The smallest absolute Gasteiger partial charge is 0.356 e. The highest BCUT2D eigenvalue weighted by atomic mass is 35.5. The first-order valence-electron chi connectivity index (χ1n) is 5.25. The van der Waals surface area contributed by atoms with Gasteiger partial charge >= 0.3 is 5.97 Å². The van der Waals surface area contributed by atoms with E-state index in [1.165, 1.54) is 6.20 Å². The summed E-state index contributed by atoms with van der Waals surface area (Å²) in [6.45, 7) is 1.85. The van der Waals surface area contributed by atoms with Crippen LogP contribution in [-0.2, 0) is 0 Å². The number of nitrogens with zero attached hydrogens (tertiary/aromatic N) is 2. The fourth-order valence-electron chi connectivity index (χ4n) is 1.38. The molecule has 0 spiro atoms. The molecule has 19 heavy (non-hydrogen) atoms. The number of hydrogen-bond donors (Lipinski definition) is 2. The first kappa shape index (κ1) is 13.6. The molecule has 2 rings (SSSR count). The molecule has 0 aliphatic rings. The van der Waals surface area contributed by atoms with Crippen molar-refractivity contribution in [2.75, 3.05) is 5.32 Å². The number of anilines is 2. The van der Waals surface area contributed by atoms with Gasteiger partial charge in [0.15, 0.2) is 5.69 Å². The molecule has 1 heterocycles. The molecular weight excluding hydrogens is 289 g/mol. The average molecular weight is 298 g/mol. The van der Waals surface area contributed by atoms with E-state index in [-0.39, 0.29) is 5.69 Å². The van der Waals surface area contributed by atoms with E-state index in [1.807, 2.05) is 6.92 Å². The Labute approximate surface area is 119 Å². The molecule has 0 bridgehead atoms. The molecule has 0 aliphatic heterocycles. The van der Waals surface area contributed by atoms with Crippen molar-refractivity contribution in [3.05, 3.63) is 45.8 Å². The molecule has 0 aliphatic carbocycles. The number of aryl methyl sites for hydroxylation is 1. The van der Waals surface area contributed by atoms with E-state index in [0.717, 1.165) is 11.8 Å². The molecule has 0 unspecified atom stereocenters. The van der Waals surface area contributed by atoms with Crippen molar-refractivity contribution in [3.63, 3.8) is 0 Å². The van der Waals surface area contributed by atoms with Gasteiger partial charge in [-0.15, -0.1) is 0 Å². The van der Waals surface area contributed by atoms with Gasteiger partial charge in [0, 0.05) is 5.02 Å². The van der Waals surface area contributed by atoms with Gasteiger partial charge in [-0.25, -0.2) is 14.8 Å². The molecule has 98 valence electrons. The second-order valence-electron chi connectivity index (χ2n) is 3.80. The summed E-state index contributed by atoms with van der Waals surface area (Å²) in [5.74, 6) is -0.748. The van der Waals surface area contributed by atoms with E-state index in [2.05, 4.69) is 15.3 Å². The van der Waals surface area contributed by atoms with E-state index in [9.17, 15) is 4.79 Å². The van der Waals surface area contributed by atoms with E-state index < -0.39 is 5.97 Å². The molecule has 1 aromatic heterocycles. The molecule has 0 amide bonds. The second-order valence-corrected chi connectivity index (χ2v) is 4.61. The van der Waals surface area contributed by atoms with Gasteiger partial charge in [0.1, 0.15) is 5.82 Å². The average Bonchev–Trinajstić information content (AvgIpc) is 2.36. The number of carboxylic acids is 1. The van der Waals surface area contributed by atoms with Crippen LogP contribution in [0.15, 0.2) is 24.5 Å². The summed E-state index contributed by atoms with van der Waals surface area (Å²) in [6.07, 6.45) is 2.47. The number of aromatic carboxylic acids is 1. The van der Waals surface area contributed by atoms with Crippen LogP contribution in [-0.4, -0.2) is 21.0 Å². The third kappa shape index (κ3) is 3.13. The Bertz CT molecular complexity index is 630. The predicted molar refractivity (Wildman–Crippen MR) is 73.5 cm³/mol. The Hall–Kier alpha value is -1.85. The summed E-state index contributed by atoms with van der Waals surface area (Å²) in [5, 5.41) is 12.7. The largest absolute Gasteiger partial charge is 0.476 e. The quantitative estimate of drug-likeness (QED) is 0.906. The van der Waals surface area contributed by atoms with Crippen LogP contribution in [0, 0.1) is 6.92 Å². The first-order valence-corrected chi connectivity index (χ1v) is 6.01. The van der Waals surface area contributed by atoms with Crippen molar-refractivity contribution in [1.82, 2.24) is 9.97 Å². The molecular formula is C12H9Cl2N3O2. The second kappa shape index (κ2) is 5.42. The Morgan fingerprint density at radius 3 is 2.53 bits per heavy atom. The molecule has 7 heteroatoms. The van der Waals surface area contributed by atoms with Gasteiger partial charge in [0.2, 0.25) is 0 Å². The zero-order valence-electron chi connectivity index (χ0n) is 9.82. The van der Waals surface area contributed by atoms with Gasteiger partial charge in [-0.1, -0.05) is 23.2 Å². The zero-order chi connectivity index (χ0) is 14.0.